The molecule has 0 atom stereocenters. The Kier molecular flexibility index (Phi) is 1.86. The average Bonchev–Trinajstić information content (AvgIpc) is 1.90. The number of thioether (sulfide) groups is 1. The van der Waals surface area contributed by atoms with Crippen LogP contribution in [-0.2, 0) is 0 Å². The molecule has 1 aromatic rings. The lowest BCUT2D eigenvalue weighted by molar-refractivity contribution is 0.971. The van der Waals surface area contributed by atoms with Crippen LogP contribution in [0.3, 0.4) is 0 Å². The minimum atomic E-state index is 0.715. The van der Waals surface area contributed by atoms with E-state index in [0.29, 0.717) is 5.16 Å². The molecule has 0 unspecified atom stereocenters. The van der Waals surface area contributed by atoms with E-state index in [4.69, 9.17) is 0 Å². The molecule has 1 rings (SSSR count). The van der Waals surface area contributed by atoms with Crippen molar-refractivity contribution in [3.63, 3.8) is 0 Å². The van der Waals surface area contributed by atoms with Gasteiger partial charge in [0.15, 0.2) is 5.16 Å². The molecule has 0 saturated heterocycles. The van der Waals surface area contributed by atoms with Crippen molar-refractivity contribution in [1.82, 2.24) is 9.97 Å². The van der Waals surface area contributed by atoms with Gasteiger partial charge in [-0.1, -0.05) is 11.8 Å². The Morgan fingerprint density at radius 1 is 1.38 bits per heavy atom. The van der Waals surface area contributed by atoms with Crippen LogP contribution in [0.2, 0.25) is 0 Å². The van der Waals surface area contributed by atoms with Gasteiger partial charge in [-0.25, -0.2) is 9.97 Å². The topological polar surface area (TPSA) is 25.8 Å². The van der Waals surface area contributed by atoms with Crippen molar-refractivity contribution in [1.29, 1.82) is 0 Å². The Morgan fingerprint density at radius 3 is 2.38 bits per heavy atom. The van der Waals surface area contributed by atoms with Crippen LogP contribution in [0.15, 0.2) is 23.6 Å². The fraction of sp³-hybridized carbons (Fsp3) is 0. The molecule has 0 amide bonds. The Hall–Kier alpha value is -0.570. The number of hydrogen-bond acceptors (Lipinski definition) is 3. The monoisotopic (exact) mass is 125 g/mol. The number of nitrogens with zero attached hydrogens (tertiary/aromatic N) is 2. The fourth-order valence-corrected chi connectivity index (χ4v) is 0.631. The zero-order valence-electron chi connectivity index (χ0n) is 4.24. The van der Waals surface area contributed by atoms with Gasteiger partial charge in [0.05, 0.1) is 0 Å². The normalized spacial score (nSPS) is 9.12. The van der Waals surface area contributed by atoms with Crippen molar-refractivity contribution >= 4 is 11.8 Å². The molecule has 0 aliphatic heterocycles. The lowest BCUT2D eigenvalue weighted by Crippen LogP contribution is -1.78. The molecule has 0 aliphatic carbocycles. The minimum Gasteiger partial charge on any atom is -0.231 e. The first-order chi connectivity index (χ1) is 3.93. The largest absolute Gasteiger partial charge is 0.231 e. The van der Waals surface area contributed by atoms with Gasteiger partial charge in [0.2, 0.25) is 0 Å². The summed E-state index contributed by atoms with van der Waals surface area (Å²) in [7, 11) is 0. The van der Waals surface area contributed by atoms with Crippen LogP contribution in [0.25, 0.3) is 0 Å². The Bertz CT molecular complexity index is 152. The molecule has 2 nitrogen and oxygen atoms in total. The molecule has 0 N–H and O–H groups in total. The van der Waals surface area contributed by atoms with Gasteiger partial charge in [-0.2, -0.15) is 0 Å². The number of aromatic nitrogens is 2. The molecule has 1 heterocycles. The second-order valence-corrected chi connectivity index (χ2v) is 1.83. The summed E-state index contributed by atoms with van der Waals surface area (Å²) in [4.78, 5) is 7.77. The average molecular weight is 125 g/mol. The summed E-state index contributed by atoms with van der Waals surface area (Å²) in [5.41, 5.74) is 0. The van der Waals surface area contributed by atoms with E-state index < -0.39 is 0 Å². The van der Waals surface area contributed by atoms with E-state index in [1.54, 1.807) is 18.5 Å². The molecule has 1 radical (unpaired) electrons. The van der Waals surface area contributed by atoms with Gasteiger partial charge >= 0.3 is 0 Å². The molecule has 41 valence electrons. The van der Waals surface area contributed by atoms with E-state index in [9.17, 15) is 0 Å². The van der Waals surface area contributed by atoms with Crippen LogP contribution in [0.4, 0.5) is 0 Å². The van der Waals surface area contributed by atoms with Gasteiger partial charge in [0.25, 0.3) is 0 Å². The van der Waals surface area contributed by atoms with Crippen LogP contribution in [0.1, 0.15) is 0 Å². The highest BCUT2D eigenvalue weighted by Gasteiger charge is 1.84. The lowest BCUT2D eigenvalue weighted by Gasteiger charge is -1.86. The number of rotatable bonds is 1. The molecule has 0 aliphatic rings. The molecule has 1 aromatic heterocycles. The quantitative estimate of drug-likeness (QED) is 0.418. The van der Waals surface area contributed by atoms with E-state index in [1.807, 2.05) is 0 Å². The predicted molar refractivity (Wildman–Crippen MR) is 33.2 cm³/mol. The molecule has 8 heavy (non-hydrogen) atoms. The smallest absolute Gasteiger partial charge is 0.187 e. The van der Waals surface area contributed by atoms with Gasteiger partial charge in [0.1, 0.15) is 0 Å². The van der Waals surface area contributed by atoms with Crippen molar-refractivity contribution in [2.24, 2.45) is 0 Å². The molecule has 0 aromatic carbocycles. The first-order valence-corrected chi connectivity index (χ1v) is 3.11. The van der Waals surface area contributed by atoms with Gasteiger partial charge in [0, 0.05) is 18.6 Å². The van der Waals surface area contributed by atoms with Crippen LogP contribution < -0.4 is 0 Å². The zero-order valence-corrected chi connectivity index (χ0v) is 5.06. The highest BCUT2D eigenvalue weighted by atomic mass is 32.2. The molecule has 3 heteroatoms. The molecule has 0 saturated carbocycles. The van der Waals surface area contributed by atoms with E-state index >= 15 is 0 Å². The maximum atomic E-state index is 3.89. The second kappa shape index (κ2) is 2.67. The lowest BCUT2D eigenvalue weighted by atomic mass is 10.7. The predicted octanol–water partition coefficient (Wildman–Crippen LogP) is 1.36. The van der Waals surface area contributed by atoms with Crippen molar-refractivity contribution < 1.29 is 0 Å². The van der Waals surface area contributed by atoms with Gasteiger partial charge in [-0.3, -0.25) is 0 Å². The van der Waals surface area contributed by atoms with Gasteiger partial charge in [-0.15, -0.1) is 0 Å². The van der Waals surface area contributed by atoms with E-state index in [0.717, 1.165) is 0 Å². The molecule has 0 bridgehead atoms. The highest BCUT2D eigenvalue weighted by molar-refractivity contribution is 8.00. The second-order valence-electron chi connectivity index (χ2n) is 1.18. The number of hydrogen-bond donors (Lipinski definition) is 0. The van der Waals surface area contributed by atoms with Crippen molar-refractivity contribution in [2.45, 2.75) is 5.16 Å². The van der Waals surface area contributed by atoms with Crippen molar-refractivity contribution in [3.8, 4) is 0 Å². The maximum absolute atomic E-state index is 3.89. The third-order valence-corrected chi connectivity index (χ3v) is 1.14. The van der Waals surface area contributed by atoms with Crippen molar-refractivity contribution in [2.75, 3.05) is 0 Å². The summed E-state index contributed by atoms with van der Waals surface area (Å²) in [6.07, 6.45) is 6.94. The molecular formula is C5H5N2S. The standard InChI is InChI=1S/C5H5N2S/c1-8-5-6-3-2-4-7-5/h2-4H,1H2. The Balaban J connectivity index is 2.83. The van der Waals surface area contributed by atoms with Crippen molar-refractivity contribution in [3.05, 3.63) is 24.7 Å². The van der Waals surface area contributed by atoms with Crippen LogP contribution in [0.5, 0.6) is 0 Å². The van der Waals surface area contributed by atoms with Crippen LogP contribution in [-0.4, -0.2) is 9.97 Å². The first kappa shape index (κ1) is 5.56. The third kappa shape index (κ3) is 1.20. The van der Waals surface area contributed by atoms with Gasteiger partial charge < -0.3 is 0 Å². The molecular weight excluding hydrogens is 120 g/mol. The Morgan fingerprint density at radius 2 is 2.00 bits per heavy atom. The van der Waals surface area contributed by atoms with E-state index in [1.165, 1.54) is 11.8 Å². The molecule has 0 fully saturated rings. The summed E-state index contributed by atoms with van der Waals surface area (Å²) in [5, 5.41) is 0.715. The Labute approximate surface area is 52.4 Å². The third-order valence-electron chi connectivity index (χ3n) is 0.671. The summed E-state index contributed by atoms with van der Waals surface area (Å²) >= 11 is 1.30. The van der Waals surface area contributed by atoms with Crippen LogP contribution >= 0.6 is 11.8 Å². The fourth-order valence-electron chi connectivity index (χ4n) is 0.360. The summed E-state index contributed by atoms with van der Waals surface area (Å²) in [6.45, 7) is 0. The molecule has 0 spiro atoms. The van der Waals surface area contributed by atoms with E-state index in [2.05, 4.69) is 16.2 Å². The SMILES string of the molecule is [CH2]Sc1ncccn1. The maximum Gasteiger partial charge on any atom is 0.187 e. The summed E-state index contributed by atoms with van der Waals surface area (Å²) in [5.74, 6) is 0. The van der Waals surface area contributed by atoms with E-state index in [-0.39, 0.29) is 0 Å². The summed E-state index contributed by atoms with van der Waals surface area (Å²) < 4.78 is 0. The first-order valence-electron chi connectivity index (χ1n) is 2.12. The zero-order chi connectivity index (χ0) is 5.82. The summed E-state index contributed by atoms with van der Waals surface area (Å²) in [6, 6.07) is 1.78. The highest BCUT2D eigenvalue weighted by Crippen LogP contribution is 2.05. The van der Waals surface area contributed by atoms with Crippen LogP contribution in [0, 0.1) is 6.26 Å². The van der Waals surface area contributed by atoms with Gasteiger partial charge in [-0.05, 0) is 6.07 Å². The minimum absolute atomic E-state index is 0.715.